The first kappa shape index (κ1) is 20.2. The molecule has 0 radical (unpaired) electrons. The number of carbonyl (C=O) groups excluding carboxylic acids is 1. The zero-order valence-corrected chi connectivity index (χ0v) is 17.6. The molecule has 1 aliphatic rings. The van der Waals surface area contributed by atoms with Crippen molar-refractivity contribution in [1.82, 2.24) is 4.98 Å². The summed E-state index contributed by atoms with van der Waals surface area (Å²) in [4.78, 5) is 30.1. The van der Waals surface area contributed by atoms with Crippen LogP contribution in [0.5, 0.6) is 0 Å². The van der Waals surface area contributed by atoms with E-state index in [0.717, 1.165) is 53.6 Å². The van der Waals surface area contributed by atoms with Crippen LogP contribution in [0.15, 0.2) is 47.3 Å². The van der Waals surface area contributed by atoms with E-state index in [1.807, 2.05) is 50.2 Å². The summed E-state index contributed by atoms with van der Waals surface area (Å²) in [5.41, 5.74) is 4.77. The highest BCUT2D eigenvalue weighted by molar-refractivity contribution is 6.09. The Hall–Kier alpha value is -3.12. The number of benzene rings is 2. The summed E-state index contributed by atoms with van der Waals surface area (Å²) in [6.07, 6.45) is 2.18. The van der Waals surface area contributed by atoms with Gasteiger partial charge < -0.3 is 19.9 Å². The molecule has 156 valence electrons. The lowest BCUT2D eigenvalue weighted by Gasteiger charge is -2.23. The Morgan fingerprint density at radius 2 is 1.90 bits per heavy atom. The average molecular weight is 405 g/mol. The zero-order valence-electron chi connectivity index (χ0n) is 17.6. The van der Waals surface area contributed by atoms with E-state index in [4.69, 9.17) is 4.74 Å². The largest absolute Gasteiger partial charge is 0.377 e. The molecule has 1 saturated heterocycles. The first-order valence-corrected chi connectivity index (χ1v) is 10.3. The van der Waals surface area contributed by atoms with Crippen molar-refractivity contribution in [3.05, 3.63) is 69.5 Å². The van der Waals surface area contributed by atoms with E-state index in [2.05, 4.69) is 15.2 Å². The summed E-state index contributed by atoms with van der Waals surface area (Å²) in [7, 11) is 1.67. The van der Waals surface area contributed by atoms with Gasteiger partial charge in [-0.1, -0.05) is 6.07 Å². The molecule has 1 aromatic heterocycles. The fourth-order valence-corrected chi connectivity index (χ4v) is 4.06. The fraction of sp³-hybridized carbons (Fsp3) is 0.333. The van der Waals surface area contributed by atoms with Gasteiger partial charge in [0.05, 0.1) is 11.7 Å². The van der Waals surface area contributed by atoms with Crippen LogP contribution in [0, 0.1) is 6.92 Å². The number of nitrogens with one attached hydrogen (secondary N) is 2. The predicted molar refractivity (Wildman–Crippen MR) is 121 cm³/mol. The van der Waals surface area contributed by atoms with Crippen LogP contribution in [0.4, 0.5) is 11.4 Å². The predicted octanol–water partition coefficient (Wildman–Crippen LogP) is 4.40. The summed E-state index contributed by atoms with van der Waals surface area (Å²) >= 11 is 0. The molecule has 1 atom stereocenters. The molecular formula is C24H27N3O3. The summed E-state index contributed by atoms with van der Waals surface area (Å²) in [6.45, 7) is 5.79. The highest BCUT2D eigenvalue weighted by Gasteiger charge is 2.21. The normalized spacial score (nSPS) is 14.8. The van der Waals surface area contributed by atoms with Gasteiger partial charge in [-0.3, -0.25) is 9.59 Å². The number of aromatic amines is 1. The number of amides is 1. The standard InChI is InChI=1S/C24H27N3O3/c1-15-12-23(28)26-21-8-7-18(14-19(15)21)25-24(29)20-13-17(16(2)30-3)6-9-22(20)27-10-4-5-11-27/h6-9,12-14,16H,4-5,10-11H2,1-3H3,(H,25,29)(H,26,28). The van der Waals surface area contributed by atoms with Gasteiger partial charge in [-0.2, -0.15) is 0 Å². The van der Waals surface area contributed by atoms with Gasteiger partial charge in [0.1, 0.15) is 0 Å². The van der Waals surface area contributed by atoms with E-state index in [1.165, 1.54) is 0 Å². The Kier molecular flexibility index (Phi) is 5.59. The van der Waals surface area contributed by atoms with Crippen molar-refractivity contribution in [1.29, 1.82) is 0 Å². The van der Waals surface area contributed by atoms with Crippen molar-refractivity contribution in [3.63, 3.8) is 0 Å². The molecular weight excluding hydrogens is 378 g/mol. The number of H-pyrrole nitrogens is 1. The number of nitrogens with zero attached hydrogens (tertiary/aromatic N) is 1. The fourth-order valence-electron chi connectivity index (χ4n) is 4.06. The second-order valence-corrected chi connectivity index (χ2v) is 7.88. The number of pyridine rings is 1. The van der Waals surface area contributed by atoms with Gasteiger partial charge in [0.15, 0.2) is 0 Å². The van der Waals surface area contributed by atoms with Crippen molar-refractivity contribution in [2.24, 2.45) is 0 Å². The Bertz CT molecular complexity index is 1150. The van der Waals surface area contributed by atoms with Crippen LogP contribution in [0.3, 0.4) is 0 Å². The molecule has 2 aromatic carbocycles. The van der Waals surface area contributed by atoms with E-state index in [0.29, 0.717) is 11.3 Å². The number of aryl methyl sites for hydroxylation is 1. The number of hydrogen-bond donors (Lipinski definition) is 2. The van der Waals surface area contributed by atoms with E-state index in [1.54, 1.807) is 13.2 Å². The minimum Gasteiger partial charge on any atom is -0.377 e. The van der Waals surface area contributed by atoms with E-state index >= 15 is 0 Å². The highest BCUT2D eigenvalue weighted by Crippen LogP contribution is 2.29. The molecule has 1 amide bonds. The van der Waals surface area contributed by atoms with E-state index < -0.39 is 0 Å². The molecule has 6 heteroatoms. The Morgan fingerprint density at radius 1 is 1.13 bits per heavy atom. The Morgan fingerprint density at radius 3 is 2.63 bits per heavy atom. The third-order valence-corrected chi connectivity index (χ3v) is 5.84. The van der Waals surface area contributed by atoms with Crippen LogP contribution in [-0.2, 0) is 4.74 Å². The maximum Gasteiger partial charge on any atom is 0.257 e. The SMILES string of the molecule is COC(C)c1ccc(N2CCCC2)c(C(=O)Nc2ccc3[nH]c(=O)cc(C)c3c2)c1. The van der Waals surface area contributed by atoms with Crippen LogP contribution < -0.4 is 15.8 Å². The molecule has 30 heavy (non-hydrogen) atoms. The maximum atomic E-state index is 13.3. The van der Waals surface area contributed by atoms with Crippen molar-refractivity contribution in [2.45, 2.75) is 32.8 Å². The second-order valence-electron chi connectivity index (χ2n) is 7.88. The summed E-state index contributed by atoms with van der Waals surface area (Å²) in [5.74, 6) is -0.150. The van der Waals surface area contributed by atoms with E-state index in [-0.39, 0.29) is 17.6 Å². The molecule has 3 aromatic rings. The van der Waals surface area contributed by atoms with Gasteiger partial charge in [0.2, 0.25) is 5.56 Å². The molecule has 2 N–H and O–H groups in total. The molecule has 6 nitrogen and oxygen atoms in total. The molecule has 0 spiro atoms. The quantitative estimate of drug-likeness (QED) is 0.660. The average Bonchev–Trinajstić information content (AvgIpc) is 3.28. The van der Waals surface area contributed by atoms with Crippen molar-refractivity contribution in [2.75, 3.05) is 30.4 Å². The van der Waals surface area contributed by atoms with E-state index in [9.17, 15) is 9.59 Å². The van der Waals surface area contributed by atoms with Crippen LogP contribution in [0.2, 0.25) is 0 Å². The van der Waals surface area contributed by atoms with Crippen molar-refractivity contribution >= 4 is 28.2 Å². The molecule has 0 aliphatic carbocycles. The zero-order chi connectivity index (χ0) is 21.3. The third kappa shape index (κ3) is 3.96. The van der Waals surface area contributed by atoms with Crippen molar-refractivity contribution < 1.29 is 9.53 Å². The van der Waals surface area contributed by atoms with Gasteiger partial charge in [0.25, 0.3) is 5.91 Å². The first-order valence-electron chi connectivity index (χ1n) is 10.3. The maximum absolute atomic E-state index is 13.3. The number of ether oxygens (including phenoxy) is 1. The number of hydrogen-bond acceptors (Lipinski definition) is 4. The molecule has 1 unspecified atom stereocenters. The Labute approximate surface area is 175 Å². The van der Waals surface area contributed by atoms with Crippen LogP contribution in [-0.4, -0.2) is 31.1 Å². The summed E-state index contributed by atoms with van der Waals surface area (Å²) < 4.78 is 5.45. The van der Waals surface area contributed by atoms with Crippen LogP contribution in [0.1, 0.15) is 47.4 Å². The van der Waals surface area contributed by atoms with Crippen molar-refractivity contribution in [3.8, 4) is 0 Å². The van der Waals surface area contributed by atoms with Crippen LogP contribution >= 0.6 is 0 Å². The molecule has 1 aliphatic heterocycles. The number of fused-ring (bicyclic) bond motifs is 1. The molecule has 0 saturated carbocycles. The van der Waals surface area contributed by atoms with Gasteiger partial charge in [-0.05, 0) is 68.1 Å². The number of anilines is 2. The van der Waals surface area contributed by atoms with Crippen LogP contribution in [0.25, 0.3) is 10.9 Å². The molecule has 0 bridgehead atoms. The van der Waals surface area contributed by atoms with Gasteiger partial charge in [0, 0.05) is 48.5 Å². The number of methoxy groups -OCH3 is 1. The molecule has 1 fully saturated rings. The lowest BCUT2D eigenvalue weighted by Crippen LogP contribution is -2.23. The number of rotatable bonds is 5. The Balaban J connectivity index is 1.69. The topological polar surface area (TPSA) is 74.4 Å². The lowest BCUT2D eigenvalue weighted by atomic mass is 10.0. The smallest absolute Gasteiger partial charge is 0.257 e. The molecule has 4 rings (SSSR count). The minimum atomic E-state index is -0.150. The minimum absolute atomic E-state index is 0.0932. The number of aromatic nitrogens is 1. The highest BCUT2D eigenvalue weighted by atomic mass is 16.5. The second kappa shape index (κ2) is 8.32. The third-order valence-electron chi connectivity index (χ3n) is 5.84. The number of carbonyl (C=O) groups is 1. The van der Waals surface area contributed by atoms with Gasteiger partial charge >= 0.3 is 0 Å². The summed E-state index contributed by atoms with van der Waals surface area (Å²) in [5, 5.41) is 3.95. The monoisotopic (exact) mass is 405 g/mol. The van der Waals surface area contributed by atoms with Gasteiger partial charge in [-0.15, -0.1) is 0 Å². The summed E-state index contributed by atoms with van der Waals surface area (Å²) in [6, 6.07) is 13.1. The molecule has 2 heterocycles. The lowest BCUT2D eigenvalue weighted by molar-refractivity contribution is 0.102. The first-order chi connectivity index (χ1) is 14.5. The van der Waals surface area contributed by atoms with Gasteiger partial charge in [-0.25, -0.2) is 0 Å².